The Labute approximate surface area is 394 Å². The van der Waals surface area contributed by atoms with E-state index < -0.39 is 30.7 Å². The molecular weight excluding hydrogens is 837 g/mol. The van der Waals surface area contributed by atoms with Crippen molar-refractivity contribution >= 4 is 65.7 Å². The van der Waals surface area contributed by atoms with Crippen molar-refractivity contribution < 1.29 is 13.6 Å². The van der Waals surface area contributed by atoms with Crippen LogP contribution in [0.2, 0.25) is 26.1 Å². The molecule has 1 unspecified atom stereocenters. The van der Waals surface area contributed by atoms with Gasteiger partial charge in [0.2, 0.25) is 0 Å². The molecule has 0 aliphatic carbocycles. The summed E-state index contributed by atoms with van der Waals surface area (Å²) >= 11 is 0. The van der Waals surface area contributed by atoms with Gasteiger partial charge in [0.25, 0.3) is 0 Å². The number of para-hydroxylation sites is 4. The van der Waals surface area contributed by atoms with Crippen molar-refractivity contribution in [2.45, 2.75) is 78.5 Å². The molecule has 8 aromatic rings. The standard InChI is InChI=1S/C60H60O2Si3/c1-59(2,3)49-37-35-43(39-47(49)45-27-21-33-55-57(45)61-51-29-17-19-31-53(51)63(55,7)8)65(41-23-13-11-14-24-41,42-25-15-12-16-26-42)44-36-38-50(60(4,5)6)48(40-44)46-28-22-34-56-58(46)62-52-30-18-20-32-54(52)64(56,9)10/h11-40H,1-10H3/i7D3. The van der Waals surface area contributed by atoms with Gasteiger partial charge >= 0.3 is 0 Å². The predicted molar refractivity (Wildman–Crippen MR) is 285 cm³/mol. The first kappa shape index (κ1) is 39.4. The summed E-state index contributed by atoms with van der Waals surface area (Å²) in [6.07, 6.45) is 0. The Hall–Kier alpha value is -5.99. The molecule has 8 aromatic carbocycles. The van der Waals surface area contributed by atoms with Gasteiger partial charge in [0, 0.05) is 15.2 Å². The number of ether oxygens (including phenoxy) is 2. The van der Waals surface area contributed by atoms with Gasteiger partial charge < -0.3 is 9.47 Å². The van der Waals surface area contributed by atoms with Gasteiger partial charge in [-0.15, -0.1) is 0 Å². The highest BCUT2D eigenvalue weighted by atomic mass is 28.3. The van der Waals surface area contributed by atoms with Crippen molar-refractivity contribution in [3.63, 3.8) is 0 Å². The summed E-state index contributed by atoms with van der Waals surface area (Å²) in [6.45, 7) is 18.4. The molecule has 0 saturated carbocycles. The van der Waals surface area contributed by atoms with Crippen LogP contribution in [0.15, 0.2) is 182 Å². The zero-order valence-electron chi connectivity index (χ0n) is 42.1. The second-order valence-electron chi connectivity index (χ2n) is 20.8. The zero-order valence-corrected chi connectivity index (χ0v) is 42.1. The average Bonchev–Trinajstić information content (AvgIpc) is 3.31. The maximum Gasteiger partial charge on any atom is 0.179 e. The van der Waals surface area contributed by atoms with Crippen molar-refractivity contribution in [3.05, 3.63) is 193 Å². The lowest BCUT2D eigenvalue weighted by atomic mass is 9.81. The van der Waals surface area contributed by atoms with E-state index in [9.17, 15) is 0 Å². The molecule has 0 radical (unpaired) electrons. The van der Waals surface area contributed by atoms with E-state index in [2.05, 4.69) is 200 Å². The van der Waals surface area contributed by atoms with Gasteiger partial charge in [0.05, 0.1) is 0 Å². The van der Waals surface area contributed by atoms with E-state index >= 15 is 0 Å². The third-order valence-corrected chi connectivity index (χ3v) is 25.4. The Morgan fingerprint density at radius 2 is 0.769 bits per heavy atom. The summed E-state index contributed by atoms with van der Waals surface area (Å²) in [5, 5.41) is 9.28. The summed E-state index contributed by atoms with van der Waals surface area (Å²) < 4.78 is 41.3. The van der Waals surface area contributed by atoms with Gasteiger partial charge in [-0.25, -0.2) is 0 Å². The third kappa shape index (κ3) is 6.93. The molecule has 1 atom stereocenters. The highest BCUT2D eigenvalue weighted by molar-refractivity contribution is 7.20. The predicted octanol–water partition coefficient (Wildman–Crippen LogP) is 10.8. The van der Waals surface area contributed by atoms with E-state index in [-0.39, 0.29) is 10.8 Å². The lowest BCUT2D eigenvalue weighted by Crippen LogP contribution is -2.74. The molecule has 65 heavy (non-hydrogen) atoms. The number of benzene rings is 8. The highest BCUT2D eigenvalue weighted by Crippen LogP contribution is 2.43. The van der Waals surface area contributed by atoms with E-state index in [0.29, 0.717) is 11.5 Å². The highest BCUT2D eigenvalue weighted by Gasteiger charge is 2.45. The maximum absolute atomic E-state index is 9.08. The molecular formula is C60H60O2Si3. The summed E-state index contributed by atoms with van der Waals surface area (Å²) in [4.78, 5) is 0. The van der Waals surface area contributed by atoms with Crippen molar-refractivity contribution in [1.82, 2.24) is 0 Å². The number of rotatable bonds is 6. The summed E-state index contributed by atoms with van der Waals surface area (Å²) in [5.41, 5.74) is 6.26. The molecule has 0 N–H and O–H groups in total. The first-order chi connectivity index (χ1) is 32.3. The van der Waals surface area contributed by atoms with Crippen LogP contribution in [0.1, 0.15) is 56.8 Å². The zero-order chi connectivity index (χ0) is 48.0. The molecule has 0 bridgehead atoms. The van der Waals surface area contributed by atoms with E-state index in [1.807, 2.05) is 42.9 Å². The van der Waals surface area contributed by atoms with E-state index in [1.54, 1.807) is 0 Å². The molecule has 0 saturated heterocycles. The Morgan fingerprint density at radius 3 is 1.20 bits per heavy atom. The number of hydrogen-bond donors (Lipinski definition) is 0. The van der Waals surface area contributed by atoms with Gasteiger partial charge in [-0.1, -0.05) is 238 Å². The SMILES string of the molecule is [2H]C([2H])([2H])[Si]1(C)c2ccccc2Oc2c(-c3cc([Si](c4ccccc4)(c4ccccc4)c4ccc(C(C)(C)C)c(-c5cccc6c5Oc5ccccc5[Si]6(C)C)c4)ccc3C(C)(C)C)cccc21. The molecule has 2 heterocycles. The lowest BCUT2D eigenvalue weighted by Gasteiger charge is -2.38. The molecule has 324 valence electrons. The van der Waals surface area contributed by atoms with Gasteiger partial charge in [-0.05, 0) is 86.7 Å². The molecule has 0 spiro atoms. The fourth-order valence-electron chi connectivity index (χ4n) is 10.8. The lowest BCUT2D eigenvalue weighted by molar-refractivity contribution is 0.488. The Balaban J connectivity index is 1.29. The van der Waals surface area contributed by atoms with E-state index in [1.165, 1.54) is 47.8 Å². The quantitative estimate of drug-likeness (QED) is 0.122. The topological polar surface area (TPSA) is 18.5 Å². The van der Waals surface area contributed by atoms with Crippen LogP contribution in [0.3, 0.4) is 0 Å². The first-order valence-electron chi connectivity index (χ1n) is 24.5. The van der Waals surface area contributed by atoms with Crippen molar-refractivity contribution in [3.8, 4) is 45.3 Å². The molecule has 0 amide bonds. The summed E-state index contributed by atoms with van der Waals surface area (Å²) in [5.74, 6) is 3.22. The van der Waals surface area contributed by atoms with Gasteiger partial charge in [0.15, 0.2) is 8.07 Å². The number of hydrogen-bond acceptors (Lipinski definition) is 2. The van der Waals surface area contributed by atoms with Crippen LogP contribution in [0.4, 0.5) is 0 Å². The van der Waals surface area contributed by atoms with Crippen LogP contribution in [0, 0.1) is 0 Å². The fourth-order valence-corrected chi connectivity index (χ4v) is 20.8. The maximum atomic E-state index is 9.08. The van der Waals surface area contributed by atoms with Crippen LogP contribution in [0.5, 0.6) is 23.0 Å². The van der Waals surface area contributed by atoms with Crippen LogP contribution in [0.25, 0.3) is 22.3 Å². The minimum absolute atomic E-state index is 0.182. The molecule has 5 heteroatoms. The first-order valence-corrected chi connectivity index (χ1v) is 30.5. The number of fused-ring (bicyclic) bond motifs is 4. The minimum atomic E-state index is -3.34. The van der Waals surface area contributed by atoms with Gasteiger partial charge in [-0.3, -0.25) is 0 Å². The van der Waals surface area contributed by atoms with Crippen LogP contribution >= 0.6 is 0 Å². The van der Waals surface area contributed by atoms with Crippen LogP contribution in [-0.2, 0) is 10.8 Å². The Morgan fingerprint density at radius 1 is 0.385 bits per heavy atom. The van der Waals surface area contributed by atoms with Crippen molar-refractivity contribution in [1.29, 1.82) is 0 Å². The van der Waals surface area contributed by atoms with Gasteiger partial charge in [-0.2, -0.15) is 0 Å². The second kappa shape index (κ2) is 15.6. The Bertz CT molecular complexity index is 3200. The third-order valence-electron chi connectivity index (χ3n) is 14.2. The summed E-state index contributed by atoms with van der Waals surface area (Å²) in [7, 11) is -8.69. The minimum Gasteiger partial charge on any atom is -0.457 e. The Kier molecular flexibility index (Phi) is 9.44. The monoisotopic (exact) mass is 899 g/mol. The van der Waals surface area contributed by atoms with Crippen molar-refractivity contribution in [2.75, 3.05) is 0 Å². The van der Waals surface area contributed by atoms with Crippen LogP contribution in [-0.4, -0.2) is 24.2 Å². The molecule has 2 aliphatic rings. The largest absolute Gasteiger partial charge is 0.457 e. The average molecular weight is 900 g/mol. The summed E-state index contributed by atoms with van der Waals surface area (Å²) in [6, 6.07) is 66.1. The molecule has 10 rings (SSSR count). The molecule has 0 aromatic heterocycles. The molecule has 2 aliphatic heterocycles. The molecule has 2 nitrogen and oxygen atoms in total. The molecule has 0 fully saturated rings. The van der Waals surface area contributed by atoms with Crippen LogP contribution < -0.4 is 51.0 Å². The smallest absolute Gasteiger partial charge is 0.179 e. The van der Waals surface area contributed by atoms with E-state index in [0.717, 1.165) is 38.6 Å². The van der Waals surface area contributed by atoms with Gasteiger partial charge in [0.1, 0.15) is 39.1 Å². The normalized spacial score (nSPS) is 17.2. The fraction of sp³-hybridized carbons (Fsp3) is 0.200. The van der Waals surface area contributed by atoms with Crippen molar-refractivity contribution in [2.24, 2.45) is 0 Å². The second-order valence-corrected chi connectivity index (χ2v) is 32.3. The van der Waals surface area contributed by atoms with E-state index in [4.69, 9.17) is 13.6 Å².